The van der Waals surface area contributed by atoms with Gasteiger partial charge in [-0.3, -0.25) is 9.80 Å². The quantitative estimate of drug-likeness (QED) is 0.908. The molecule has 0 radical (unpaired) electrons. The van der Waals surface area contributed by atoms with Crippen LogP contribution in [-0.4, -0.2) is 62.2 Å². The Balaban J connectivity index is 1.65. The summed E-state index contributed by atoms with van der Waals surface area (Å²) in [4.78, 5) is 5.08. The third-order valence-electron chi connectivity index (χ3n) is 4.60. The molecule has 6 heteroatoms. The standard InChI is InChI=1S/C16H23Cl2N3O/c1-22-16-12(8-13(17)9-15(16)18)10-20-5-2-14(11-20)21-6-3-19-4-7-21/h8-9,14,19H,2-7,10-11H2,1H3. The van der Waals surface area contributed by atoms with Crippen LogP contribution in [0.5, 0.6) is 5.75 Å². The average molecular weight is 344 g/mol. The highest BCUT2D eigenvalue weighted by Gasteiger charge is 2.29. The van der Waals surface area contributed by atoms with Crippen molar-refractivity contribution in [2.24, 2.45) is 0 Å². The zero-order valence-electron chi connectivity index (χ0n) is 12.9. The Morgan fingerprint density at radius 1 is 1.23 bits per heavy atom. The van der Waals surface area contributed by atoms with Crippen LogP contribution in [-0.2, 0) is 6.54 Å². The maximum atomic E-state index is 6.23. The second-order valence-corrected chi connectivity index (χ2v) is 6.89. The third kappa shape index (κ3) is 3.69. The van der Waals surface area contributed by atoms with E-state index in [2.05, 4.69) is 15.1 Å². The zero-order valence-corrected chi connectivity index (χ0v) is 14.5. The summed E-state index contributed by atoms with van der Waals surface area (Å²) >= 11 is 12.4. The van der Waals surface area contributed by atoms with Gasteiger partial charge in [-0.2, -0.15) is 0 Å². The lowest BCUT2D eigenvalue weighted by molar-refractivity contribution is 0.170. The van der Waals surface area contributed by atoms with Gasteiger partial charge in [0.2, 0.25) is 0 Å². The molecule has 2 heterocycles. The highest BCUT2D eigenvalue weighted by Crippen LogP contribution is 2.33. The first-order valence-corrected chi connectivity index (χ1v) is 8.62. The zero-order chi connectivity index (χ0) is 15.5. The summed E-state index contributed by atoms with van der Waals surface area (Å²) in [5, 5.41) is 4.67. The molecule has 1 aromatic carbocycles. The normalized spacial score (nSPS) is 23.9. The first kappa shape index (κ1) is 16.3. The summed E-state index contributed by atoms with van der Waals surface area (Å²) < 4.78 is 5.45. The van der Waals surface area contributed by atoms with Crippen molar-refractivity contribution in [3.63, 3.8) is 0 Å². The maximum Gasteiger partial charge on any atom is 0.142 e. The molecule has 22 heavy (non-hydrogen) atoms. The van der Waals surface area contributed by atoms with Gasteiger partial charge in [0.15, 0.2) is 0 Å². The molecular weight excluding hydrogens is 321 g/mol. The lowest BCUT2D eigenvalue weighted by Crippen LogP contribution is -2.49. The van der Waals surface area contributed by atoms with Gasteiger partial charge in [-0.05, 0) is 18.6 Å². The summed E-state index contributed by atoms with van der Waals surface area (Å²) in [5.41, 5.74) is 1.07. The van der Waals surface area contributed by atoms with Gasteiger partial charge in [-0.25, -0.2) is 0 Å². The fourth-order valence-electron chi connectivity index (χ4n) is 3.50. The number of likely N-dealkylation sites (tertiary alicyclic amines) is 1. The number of hydrogen-bond acceptors (Lipinski definition) is 4. The van der Waals surface area contributed by atoms with Gasteiger partial charge in [0, 0.05) is 62.4 Å². The second kappa shape index (κ2) is 7.37. The molecule has 0 bridgehead atoms. The van der Waals surface area contributed by atoms with Crippen LogP contribution in [0, 0.1) is 0 Å². The number of halogens is 2. The molecule has 0 amide bonds. The fourth-order valence-corrected chi connectivity index (χ4v) is 4.11. The van der Waals surface area contributed by atoms with Crippen LogP contribution >= 0.6 is 23.2 Å². The van der Waals surface area contributed by atoms with Gasteiger partial charge in [-0.15, -0.1) is 0 Å². The van der Waals surface area contributed by atoms with Crippen LogP contribution in [0.3, 0.4) is 0 Å². The van der Waals surface area contributed by atoms with Crippen molar-refractivity contribution in [1.82, 2.24) is 15.1 Å². The molecule has 3 rings (SSSR count). The average Bonchev–Trinajstić information content (AvgIpc) is 2.96. The Morgan fingerprint density at radius 3 is 2.73 bits per heavy atom. The molecule has 1 atom stereocenters. The molecule has 0 saturated carbocycles. The van der Waals surface area contributed by atoms with Gasteiger partial charge >= 0.3 is 0 Å². The molecule has 4 nitrogen and oxygen atoms in total. The molecule has 1 aromatic rings. The Morgan fingerprint density at radius 2 is 2.00 bits per heavy atom. The van der Waals surface area contributed by atoms with E-state index < -0.39 is 0 Å². The lowest BCUT2D eigenvalue weighted by Gasteiger charge is -2.32. The van der Waals surface area contributed by atoms with Gasteiger partial charge in [-0.1, -0.05) is 23.2 Å². The molecule has 1 unspecified atom stereocenters. The Bertz CT molecular complexity index is 520. The number of nitrogens with zero attached hydrogens (tertiary/aromatic N) is 2. The van der Waals surface area contributed by atoms with Crippen LogP contribution in [0.4, 0.5) is 0 Å². The van der Waals surface area contributed by atoms with Gasteiger partial charge in [0.05, 0.1) is 12.1 Å². The molecule has 2 fully saturated rings. The van der Waals surface area contributed by atoms with Crippen molar-refractivity contribution >= 4 is 23.2 Å². The van der Waals surface area contributed by atoms with E-state index in [-0.39, 0.29) is 0 Å². The minimum atomic E-state index is 0.586. The molecule has 2 aliphatic heterocycles. The highest BCUT2D eigenvalue weighted by molar-refractivity contribution is 6.35. The van der Waals surface area contributed by atoms with Crippen molar-refractivity contribution in [3.05, 3.63) is 27.7 Å². The van der Waals surface area contributed by atoms with Gasteiger partial charge in [0.25, 0.3) is 0 Å². The predicted octanol–water partition coefficient (Wildman–Crippen LogP) is 2.48. The number of nitrogens with one attached hydrogen (secondary N) is 1. The lowest BCUT2D eigenvalue weighted by atomic mass is 10.2. The number of hydrogen-bond donors (Lipinski definition) is 1. The maximum absolute atomic E-state index is 6.23. The number of benzene rings is 1. The van der Waals surface area contributed by atoms with E-state index in [9.17, 15) is 0 Å². The van der Waals surface area contributed by atoms with Crippen LogP contribution in [0.15, 0.2) is 12.1 Å². The molecule has 0 spiro atoms. The first-order valence-electron chi connectivity index (χ1n) is 7.86. The van der Waals surface area contributed by atoms with Crippen LogP contribution < -0.4 is 10.1 Å². The number of piperazine rings is 1. The molecular formula is C16H23Cl2N3O. The summed E-state index contributed by atoms with van der Waals surface area (Å²) in [6, 6.07) is 4.37. The van der Waals surface area contributed by atoms with E-state index in [1.807, 2.05) is 6.07 Å². The molecule has 2 aliphatic rings. The van der Waals surface area contributed by atoms with E-state index >= 15 is 0 Å². The minimum absolute atomic E-state index is 0.586. The highest BCUT2D eigenvalue weighted by atomic mass is 35.5. The molecule has 0 aromatic heterocycles. The van der Waals surface area contributed by atoms with Crippen molar-refractivity contribution in [2.45, 2.75) is 19.0 Å². The second-order valence-electron chi connectivity index (χ2n) is 6.04. The number of rotatable bonds is 4. The SMILES string of the molecule is COc1c(Cl)cc(Cl)cc1CN1CCC(N2CCNCC2)C1. The monoisotopic (exact) mass is 343 g/mol. The number of methoxy groups -OCH3 is 1. The summed E-state index contributed by atoms with van der Waals surface area (Å²) in [6.07, 6.45) is 1.23. The smallest absolute Gasteiger partial charge is 0.142 e. The topological polar surface area (TPSA) is 27.7 Å². The summed E-state index contributed by atoms with van der Waals surface area (Å²) in [7, 11) is 1.66. The van der Waals surface area contributed by atoms with E-state index in [4.69, 9.17) is 27.9 Å². The molecule has 2 saturated heterocycles. The summed E-state index contributed by atoms with van der Waals surface area (Å²) in [5.74, 6) is 0.747. The molecule has 122 valence electrons. The van der Waals surface area contributed by atoms with Crippen molar-refractivity contribution in [1.29, 1.82) is 0 Å². The van der Waals surface area contributed by atoms with Crippen molar-refractivity contribution in [2.75, 3.05) is 46.4 Å². The number of ether oxygens (including phenoxy) is 1. The van der Waals surface area contributed by atoms with Crippen molar-refractivity contribution in [3.8, 4) is 5.75 Å². The Labute approximate surface area is 142 Å². The van der Waals surface area contributed by atoms with E-state index in [1.54, 1.807) is 13.2 Å². The van der Waals surface area contributed by atoms with Gasteiger partial charge < -0.3 is 10.1 Å². The predicted molar refractivity (Wildman–Crippen MR) is 91.1 cm³/mol. The van der Waals surface area contributed by atoms with Crippen LogP contribution in [0.1, 0.15) is 12.0 Å². The largest absolute Gasteiger partial charge is 0.495 e. The molecule has 0 aliphatic carbocycles. The first-order chi connectivity index (χ1) is 10.7. The van der Waals surface area contributed by atoms with Crippen LogP contribution in [0.2, 0.25) is 10.0 Å². The summed E-state index contributed by atoms with van der Waals surface area (Å²) in [6.45, 7) is 7.58. The van der Waals surface area contributed by atoms with E-state index in [0.717, 1.165) is 57.1 Å². The van der Waals surface area contributed by atoms with E-state index in [0.29, 0.717) is 16.1 Å². The minimum Gasteiger partial charge on any atom is -0.495 e. The third-order valence-corrected chi connectivity index (χ3v) is 5.10. The molecule has 1 N–H and O–H groups in total. The van der Waals surface area contributed by atoms with Gasteiger partial charge in [0.1, 0.15) is 5.75 Å². The van der Waals surface area contributed by atoms with Crippen molar-refractivity contribution < 1.29 is 4.74 Å². The Hall–Kier alpha value is -0.520. The fraction of sp³-hybridized carbons (Fsp3) is 0.625. The Kier molecular flexibility index (Phi) is 5.47. The van der Waals surface area contributed by atoms with Crippen LogP contribution in [0.25, 0.3) is 0 Å². The van der Waals surface area contributed by atoms with E-state index in [1.165, 1.54) is 6.42 Å².